The molecule has 1 aliphatic carbocycles. The molecule has 0 aliphatic heterocycles. The Morgan fingerprint density at radius 1 is 1.35 bits per heavy atom. The van der Waals surface area contributed by atoms with Crippen LogP contribution in [0.15, 0.2) is 23.8 Å². The van der Waals surface area contributed by atoms with Gasteiger partial charge in [-0.15, -0.1) is 11.3 Å². The van der Waals surface area contributed by atoms with Crippen molar-refractivity contribution in [2.75, 3.05) is 5.73 Å². The zero-order valence-electron chi connectivity index (χ0n) is 9.76. The van der Waals surface area contributed by atoms with E-state index >= 15 is 0 Å². The number of thiophene rings is 1. The number of nitrogens with zero attached hydrogens (tertiary/aromatic N) is 2. The molecule has 4 heteroatoms. The summed E-state index contributed by atoms with van der Waals surface area (Å²) in [7, 11) is 0. The Morgan fingerprint density at radius 2 is 2.18 bits per heavy atom. The van der Waals surface area contributed by atoms with Crippen molar-refractivity contribution in [2.45, 2.75) is 25.7 Å². The number of aryl methyl sites for hydroxylation is 1. The monoisotopic (exact) mass is 245 g/mol. The van der Waals surface area contributed by atoms with Gasteiger partial charge in [-0.25, -0.2) is 4.98 Å². The summed E-state index contributed by atoms with van der Waals surface area (Å²) in [6.07, 6.45) is 5.78. The fourth-order valence-electron chi connectivity index (χ4n) is 2.68. The van der Waals surface area contributed by atoms with Crippen LogP contribution in [0.3, 0.4) is 0 Å². The topological polar surface area (TPSA) is 51.8 Å². The number of hydrogen-bond acceptors (Lipinski definition) is 4. The molecule has 2 unspecified atom stereocenters. The Morgan fingerprint density at radius 3 is 3.00 bits per heavy atom. The van der Waals surface area contributed by atoms with Crippen LogP contribution in [0.1, 0.15) is 35.4 Å². The SMILES string of the molecule is CC1CCc2sccc2C1c1nccnc1N. The molecule has 0 amide bonds. The van der Waals surface area contributed by atoms with Crippen LogP contribution >= 0.6 is 11.3 Å². The van der Waals surface area contributed by atoms with Gasteiger partial charge in [0.15, 0.2) is 0 Å². The summed E-state index contributed by atoms with van der Waals surface area (Å²) in [5.74, 6) is 1.47. The molecule has 0 saturated heterocycles. The first-order chi connectivity index (χ1) is 8.27. The zero-order valence-corrected chi connectivity index (χ0v) is 10.6. The van der Waals surface area contributed by atoms with Crippen LogP contribution in [0.4, 0.5) is 5.82 Å². The maximum absolute atomic E-state index is 5.97. The molecule has 3 rings (SSSR count). The number of nitrogens with two attached hydrogens (primary N) is 1. The molecule has 17 heavy (non-hydrogen) atoms. The Kier molecular flexibility index (Phi) is 2.59. The normalized spacial score (nSPS) is 23.4. The Balaban J connectivity index is 2.12. The van der Waals surface area contributed by atoms with E-state index in [1.54, 1.807) is 12.4 Å². The summed E-state index contributed by atoms with van der Waals surface area (Å²) in [5.41, 5.74) is 8.32. The predicted molar refractivity (Wildman–Crippen MR) is 70.1 cm³/mol. The summed E-state index contributed by atoms with van der Waals surface area (Å²) >= 11 is 1.84. The first-order valence-corrected chi connectivity index (χ1v) is 6.78. The van der Waals surface area contributed by atoms with Crippen LogP contribution in [0.2, 0.25) is 0 Å². The average Bonchev–Trinajstić information content (AvgIpc) is 2.79. The summed E-state index contributed by atoms with van der Waals surface area (Å²) in [4.78, 5) is 10.1. The minimum Gasteiger partial charge on any atom is -0.382 e. The minimum absolute atomic E-state index is 0.318. The van der Waals surface area contributed by atoms with Crippen LogP contribution < -0.4 is 5.73 Å². The van der Waals surface area contributed by atoms with Crippen molar-refractivity contribution in [2.24, 2.45) is 5.92 Å². The van der Waals surface area contributed by atoms with Gasteiger partial charge in [-0.1, -0.05) is 6.92 Å². The van der Waals surface area contributed by atoms with Crippen LogP contribution in [0.5, 0.6) is 0 Å². The third kappa shape index (κ3) is 1.72. The van der Waals surface area contributed by atoms with Gasteiger partial charge in [0.05, 0.1) is 5.69 Å². The number of rotatable bonds is 1. The van der Waals surface area contributed by atoms with Gasteiger partial charge in [-0.3, -0.25) is 4.98 Å². The number of nitrogen functional groups attached to an aromatic ring is 1. The first kappa shape index (κ1) is 10.7. The van der Waals surface area contributed by atoms with Crippen molar-refractivity contribution < 1.29 is 0 Å². The highest BCUT2D eigenvalue weighted by Crippen LogP contribution is 2.43. The fourth-order valence-corrected chi connectivity index (χ4v) is 3.62. The second kappa shape index (κ2) is 4.11. The predicted octanol–water partition coefficient (Wildman–Crippen LogP) is 2.83. The number of hydrogen-bond donors (Lipinski definition) is 1. The molecular formula is C13H15N3S. The van der Waals surface area contributed by atoms with Crippen LogP contribution in [-0.2, 0) is 6.42 Å². The quantitative estimate of drug-likeness (QED) is 0.840. The van der Waals surface area contributed by atoms with E-state index in [1.165, 1.54) is 23.3 Å². The molecule has 0 fully saturated rings. The second-order valence-electron chi connectivity index (χ2n) is 4.62. The van der Waals surface area contributed by atoms with E-state index < -0.39 is 0 Å². The molecule has 2 atom stereocenters. The molecule has 2 heterocycles. The maximum atomic E-state index is 5.97. The largest absolute Gasteiger partial charge is 0.382 e. The molecule has 0 saturated carbocycles. The fraction of sp³-hybridized carbons (Fsp3) is 0.385. The van der Waals surface area contributed by atoms with Crippen LogP contribution in [0.25, 0.3) is 0 Å². The smallest absolute Gasteiger partial charge is 0.145 e. The van der Waals surface area contributed by atoms with Gasteiger partial charge >= 0.3 is 0 Å². The molecule has 0 spiro atoms. The van der Waals surface area contributed by atoms with E-state index in [-0.39, 0.29) is 0 Å². The highest BCUT2D eigenvalue weighted by atomic mass is 32.1. The molecule has 3 nitrogen and oxygen atoms in total. The van der Waals surface area contributed by atoms with E-state index in [0.29, 0.717) is 17.7 Å². The molecule has 0 radical (unpaired) electrons. The first-order valence-electron chi connectivity index (χ1n) is 5.90. The highest BCUT2D eigenvalue weighted by molar-refractivity contribution is 7.10. The lowest BCUT2D eigenvalue weighted by Crippen LogP contribution is -2.20. The Bertz CT molecular complexity index is 535. The number of fused-ring (bicyclic) bond motifs is 1. The molecule has 0 aromatic carbocycles. The van der Waals surface area contributed by atoms with E-state index in [0.717, 1.165) is 5.69 Å². The lowest BCUT2D eigenvalue weighted by molar-refractivity contribution is 0.444. The van der Waals surface area contributed by atoms with Crippen molar-refractivity contribution in [3.63, 3.8) is 0 Å². The number of aromatic nitrogens is 2. The molecular weight excluding hydrogens is 230 g/mol. The van der Waals surface area contributed by atoms with Gasteiger partial charge in [-0.2, -0.15) is 0 Å². The third-order valence-electron chi connectivity index (χ3n) is 3.56. The Hall–Kier alpha value is -1.42. The zero-order chi connectivity index (χ0) is 11.8. The third-order valence-corrected chi connectivity index (χ3v) is 4.56. The van der Waals surface area contributed by atoms with Crippen molar-refractivity contribution in [3.05, 3.63) is 40.0 Å². The molecule has 1 aliphatic rings. The minimum atomic E-state index is 0.318. The Labute approximate surface area is 105 Å². The van der Waals surface area contributed by atoms with E-state index in [9.17, 15) is 0 Å². The van der Waals surface area contributed by atoms with Gasteiger partial charge in [0, 0.05) is 23.2 Å². The molecule has 2 N–H and O–H groups in total. The highest BCUT2D eigenvalue weighted by Gasteiger charge is 2.31. The molecule has 0 bridgehead atoms. The lowest BCUT2D eigenvalue weighted by Gasteiger charge is -2.29. The molecule has 2 aromatic rings. The summed E-state index contributed by atoms with van der Waals surface area (Å²) < 4.78 is 0. The van der Waals surface area contributed by atoms with Gasteiger partial charge in [0.2, 0.25) is 0 Å². The number of anilines is 1. The average molecular weight is 245 g/mol. The van der Waals surface area contributed by atoms with E-state index in [4.69, 9.17) is 5.73 Å². The van der Waals surface area contributed by atoms with Gasteiger partial charge in [0.25, 0.3) is 0 Å². The standard InChI is InChI=1S/C13H15N3S/c1-8-2-3-10-9(4-7-17-10)11(8)12-13(14)16-6-5-15-12/h4-8,11H,2-3H2,1H3,(H2,14,16). The van der Waals surface area contributed by atoms with Crippen molar-refractivity contribution >= 4 is 17.2 Å². The van der Waals surface area contributed by atoms with Gasteiger partial charge < -0.3 is 5.73 Å². The van der Waals surface area contributed by atoms with E-state index in [1.807, 2.05) is 11.3 Å². The molecule has 2 aromatic heterocycles. The van der Waals surface area contributed by atoms with E-state index in [2.05, 4.69) is 28.3 Å². The van der Waals surface area contributed by atoms with Gasteiger partial charge in [-0.05, 0) is 35.8 Å². The van der Waals surface area contributed by atoms with Crippen molar-refractivity contribution in [3.8, 4) is 0 Å². The summed E-state index contributed by atoms with van der Waals surface area (Å²) in [6, 6.07) is 2.22. The summed E-state index contributed by atoms with van der Waals surface area (Å²) in [6.45, 7) is 2.28. The lowest BCUT2D eigenvalue weighted by atomic mass is 9.77. The van der Waals surface area contributed by atoms with Gasteiger partial charge in [0.1, 0.15) is 5.82 Å². The summed E-state index contributed by atoms with van der Waals surface area (Å²) in [5, 5.41) is 2.17. The van der Waals surface area contributed by atoms with Crippen molar-refractivity contribution in [1.82, 2.24) is 9.97 Å². The molecule has 88 valence electrons. The van der Waals surface area contributed by atoms with Crippen LogP contribution in [-0.4, -0.2) is 9.97 Å². The maximum Gasteiger partial charge on any atom is 0.145 e. The second-order valence-corrected chi connectivity index (χ2v) is 5.62. The van der Waals surface area contributed by atoms with Crippen LogP contribution in [0, 0.1) is 5.92 Å². The van der Waals surface area contributed by atoms with Crippen molar-refractivity contribution in [1.29, 1.82) is 0 Å².